The van der Waals surface area contributed by atoms with Gasteiger partial charge in [0.05, 0.1) is 23.3 Å². The molecule has 0 radical (unpaired) electrons. The highest BCUT2D eigenvalue weighted by Crippen LogP contribution is 2.34. The van der Waals surface area contributed by atoms with E-state index < -0.39 is 17.6 Å². The van der Waals surface area contributed by atoms with Crippen LogP contribution in [0.15, 0.2) is 85.7 Å². The van der Waals surface area contributed by atoms with Gasteiger partial charge >= 0.3 is 6.18 Å². The molecule has 0 aliphatic heterocycles. The number of anilines is 3. The molecule has 0 bridgehead atoms. The van der Waals surface area contributed by atoms with Gasteiger partial charge in [-0.1, -0.05) is 19.9 Å². The van der Waals surface area contributed by atoms with Gasteiger partial charge in [0.2, 0.25) is 5.95 Å². The van der Waals surface area contributed by atoms with Crippen molar-refractivity contribution in [3.63, 3.8) is 0 Å². The van der Waals surface area contributed by atoms with Gasteiger partial charge in [-0.2, -0.15) is 13.2 Å². The summed E-state index contributed by atoms with van der Waals surface area (Å²) in [5.74, 6) is -0.0975. The Morgan fingerprint density at radius 2 is 1.88 bits per heavy atom. The number of hydrogen-bond donors (Lipinski definition) is 2. The van der Waals surface area contributed by atoms with E-state index in [0.717, 1.165) is 35.4 Å². The number of carbonyl (C=O) groups is 1. The summed E-state index contributed by atoms with van der Waals surface area (Å²) >= 11 is 0. The molecule has 1 unspecified atom stereocenters. The number of carbonyl (C=O) groups excluding carboxylic acids is 1. The molecule has 5 aromatic rings. The number of pyridine rings is 1. The Morgan fingerprint density at radius 3 is 2.62 bits per heavy atom. The average Bonchev–Trinajstić information content (AvgIpc) is 3.48. The molecule has 0 fully saturated rings. The lowest BCUT2D eigenvalue weighted by molar-refractivity contribution is -0.137. The zero-order valence-electron chi connectivity index (χ0n) is 23.1. The quantitative estimate of drug-likeness (QED) is 0.199. The van der Waals surface area contributed by atoms with Gasteiger partial charge in [0.1, 0.15) is 0 Å². The molecule has 1 amide bonds. The predicted octanol–water partition coefficient (Wildman–Crippen LogP) is 7.56. The van der Waals surface area contributed by atoms with Gasteiger partial charge in [0.15, 0.2) is 0 Å². The Hall–Kier alpha value is -5.06. The van der Waals surface area contributed by atoms with E-state index >= 15 is 0 Å². The number of rotatable bonds is 8. The molecule has 0 saturated carbocycles. The van der Waals surface area contributed by atoms with Crippen molar-refractivity contribution in [2.24, 2.45) is 0 Å². The monoisotopic (exact) mass is 571 g/mol. The maximum atomic E-state index is 13.8. The van der Waals surface area contributed by atoms with Gasteiger partial charge in [-0.15, -0.1) is 0 Å². The fourth-order valence-electron chi connectivity index (χ4n) is 4.25. The molecule has 42 heavy (non-hydrogen) atoms. The number of benzene rings is 2. The van der Waals surface area contributed by atoms with Crippen molar-refractivity contribution >= 4 is 23.2 Å². The standard InChI is InChI=1S/C31H28F3N7O/c1-4-19(2)28-17-41(18-37-28)25-14-23(31(32,33)34)13-24(15-25)38-29(42)21-8-7-20(3)27(12-21)40-30-36-11-9-26(39-30)22-6-5-10-35-16-22/h5-19H,4H2,1-3H3,(H,38,42)(H,36,39,40). The summed E-state index contributed by atoms with van der Waals surface area (Å²) in [6.45, 7) is 5.87. The third-order valence-corrected chi connectivity index (χ3v) is 6.88. The molecule has 2 N–H and O–H groups in total. The highest BCUT2D eigenvalue weighted by Gasteiger charge is 2.31. The summed E-state index contributed by atoms with van der Waals surface area (Å²) in [6.07, 6.45) is 4.40. The third kappa shape index (κ3) is 6.46. The van der Waals surface area contributed by atoms with E-state index in [9.17, 15) is 18.0 Å². The van der Waals surface area contributed by atoms with E-state index in [-0.39, 0.29) is 22.9 Å². The molecule has 3 aromatic heterocycles. The molecule has 0 saturated heterocycles. The Kier molecular flexibility index (Phi) is 8.01. The van der Waals surface area contributed by atoms with Crippen molar-refractivity contribution in [1.82, 2.24) is 24.5 Å². The molecule has 0 aliphatic rings. The van der Waals surface area contributed by atoms with Crippen LogP contribution in [0.2, 0.25) is 0 Å². The number of hydrogen-bond acceptors (Lipinski definition) is 6. The average molecular weight is 572 g/mol. The van der Waals surface area contributed by atoms with E-state index in [1.54, 1.807) is 49.1 Å². The third-order valence-electron chi connectivity index (χ3n) is 6.88. The lowest BCUT2D eigenvalue weighted by Crippen LogP contribution is -2.14. The normalized spacial score (nSPS) is 12.1. The second kappa shape index (κ2) is 11.8. The predicted molar refractivity (Wildman–Crippen MR) is 155 cm³/mol. The minimum Gasteiger partial charge on any atom is -0.324 e. The largest absolute Gasteiger partial charge is 0.416 e. The van der Waals surface area contributed by atoms with Crippen LogP contribution >= 0.6 is 0 Å². The lowest BCUT2D eigenvalue weighted by atomic mass is 10.1. The van der Waals surface area contributed by atoms with Crippen LogP contribution in [0.4, 0.5) is 30.5 Å². The molecule has 214 valence electrons. The maximum absolute atomic E-state index is 13.8. The van der Waals surface area contributed by atoms with Crippen molar-refractivity contribution in [3.05, 3.63) is 108 Å². The molecule has 3 heterocycles. The van der Waals surface area contributed by atoms with Crippen LogP contribution in [0.3, 0.4) is 0 Å². The van der Waals surface area contributed by atoms with E-state index in [1.165, 1.54) is 17.0 Å². The topological polar surface area (TPSA) is 97.6 Å². The number of amides is 1. The molecule has 8 nitrogen and oxygen atoms in total. The van der Waals surface area contributed by atoms with Crippen LogP contribution in [0.5, 0.6) is 0 Å². The van der Waals surface area contributed by atoms with Crippen LogP contribution in [0.1, 0.15) is 53.4 Å². The molecule has 11 heteroatoms. The van der Waals surface area contributed by atoms with E-state index in [0.29, 0.717) is 17.3 Å². The zero-order valence-corrected chi connectivity index (χ0v) is 23.1. The summed E-state index contributed by atoms with van der Waals surface area (Å²) in [5.41, 5.74) is 3.26. The summed E-state index contributed by atoms with van der Waals surface area (Å²) in [7, 11) is 0. The summed E-state index contributed by atoms with van der Waals surface area (Å²) in [6, 6.07) is 13.8. The second-order valence-electron chi connectivity index (χ2n) is 9.90. The first-order valence-electron chi connectivity index (χ1n) is 13.3. The number of aromatic nitrogens is 5. The van der Waals surface area contributed by atoms with Crippen molar-refractivity contribution in [1.29, 1.82) is 0 Å². The van der Waals surface area contributed by atoms with E-state index in [4.69, 9.17) is 0 Å². The van der Waals surface area contributed by atoms with Crippen LogP contribution in [-0.4, -0.2) is 30.4 Å². The number of nitrogens with one attached hydrogen (secondary N) is 2. The van der Waals surface area contributed by atoms with Gasteiger partial charge in [0.25, 0.3) is 5.91 Å². The van der Waals surface area contributed by atoms with Crippen molar-refractivity contribution in [3.8, 4) is 16.9 Å². The van der Waals surface area contributed by atoms with E-state index in [2.05, 4.69) is 30.6 Å². The van der Waals surface area contributed by atoms with Crippen LogP contribution in [-0.2, 0) is 6.18 Å². The van der Waals surface area contributed by atoms with Gasteiger partial charge in [-0.25, -0.2) is 15.0 Å². The highest BCUT2D eigenvalue weighted by molar-refractivity contribution is 6.05. The van der Waals surface area contributed by atoms with Gasteiger partial charge in [-0.3, -0.25) is 9.78 Å². The Balaban J connectivity index is 1.40. The molecular weight excluding hydrogens is 543 g/mol. The summed E-state index contributed by atoms with van der Waals surface area (Å²) in [5, 5.41) is 5.76. The number of nitrogens with zero attached hydrogens (tertiary/aromatic N) is 5. The van der Waals surface area contributed by atoms with Crippen LogP contribution < -0.4 is 10.6 Å². The zero-order chi connectivity index (χ0) is 29.9. The van der Waals surface area contributed by atoms with E-state index in [1.807, 2.05) is 32.9 Å². The molecule has 1 atom stereocenters. The fourth-order valence-corrected chi connectivity index (χ4v) is 4.25. The molecule has 5 rings (SSSR count). The lowest BCUT2D eigenvalue weighted by Gasteiger charge is -2.15. The van der Waals surface area contributed by atoms with Crippen molar-refractivity contribution < 1.29 is 18.0 Å². The maximum Gasteiger partial charge on any atom is 0.416 e. The first-order valence-corrected chi connectivity index (χ1v) is 13.3. The second-order valence-corrected chi connectivity index (χ2v) is 9.90. The molecule has 0 spiro atoms. The minimum atomic E-state index is -4.61. The number of aryl methyl sites for hydroxylation is 1. The fraction of sp³-hybridized carbons (Fsp3) is 0.194. The molecule has 2 aromatic carbocycles. The summed E-state index contributed by atoms with van der Waals surface area (Å²) in [4.78, 5) is 30.5. The van der Waals surface area contributed by atoms with Gasteiger partial charge < -0.3 is 15.2 Å². The summed E-state index contributed by atoms with van der Waals surface area (Å²) < 4.78 is 42.9. The van der Waals surface area contributed by atoms with Crippen molar-refractivity contribution in [2.75, 3.05) is 10.6 Å². The van der Waals surface area contributed by atoms with Crippen LogP contribution in [0.25, 0.3) is 16.9 Å². The Bertz CT molecular complexity index is 1720. The Labute approximate surface area is 240 Å². The minimum absolute atomic E-state index is 0.00574. The first kappa shape index (κ1) is 28.5. The van der Waals surface area contributed by atoms with Gasteiger partial charge in [-0.05, 0) is 73.4 Å². The SMILES string of the molecule is CCC(C)c1cn(-c2cc(NC(=O)c3ccc(C)c(Nc4nccc(-c5cccnc5)n4)c3)cc(C(F)(F)F)c2)cn1. The van der Waals surface area contributed by atoms with Crippen molar-refractivity contribution in [2.45, 2.75) is 39.3 Å². The van der Waals surface area contributed by atoms with Gasteiger partial charge in [0, 0.05) is 53.0 Å². The number of imidazole rings is 1. The number of halogens is 3. The molecular formula is C31H28F3N7O. The highest BCUT2D eigenvalue weighted by atomic mass is 19.4. The van der Waals surface area contributed by atoms with Crippen LogP contribution in [0, 0.1) is 6.92 Å². The first-order chi connectivity index (χ1) is 20.1. The smallest absolute Gasteiger partial charge is 0.324 e. The number of alkyl halides is 3. The Morgan fingerprint density at radius 1 is 1.05 bits per heavy atom. The molecule has 0 aliphatic carbocycles.